The Morgan fingerprint density at radius 3 is 1.15 bits per heavy atom. The average molecular weight is 1260 g/mol. The van der Waals surface area contributed by atoms with Crippen LogP contribution >= 0.6 is 47.0 Å². The van der Waals surface area contributed by atoms with Crippen LogP contribution in [0.5, 0.6) is 11.5 Å². The summed E-state index contributed by atoms with van der Waals surface area (Å²) in [6, 6.07) is 1.99. The van der Waals surface area contributed by atoms with Gasteiger partial charge in [-0.05, 0) is 164 Å². The van der Waals surface area contributed by atoms with Crippen molar-refractivity contribution in [2.75, 3.05) is 40.6 Å². The van der Waals surface area contributed by atoms with Gasteiger partial charge in [0, 0.05) is 14.2 Å². The molecule has 0 N–H and O–H groups in total. The number of nitrogens with zero attached hydrogens (tertiary/aromatic N) is 2. The molecule has 0 saturated heterocycles. The Hall–Kier alpha value is -4.18. The first-order valence-electron chi connectivity index (χ1n) is 32.2. The first kappa shape index (κ1) is 66.2. The van der Waals surface area contributed by atoms with Gasteiger partial charge in [-0.25, -0.2) is 9.64 Å². The molecule has 2 aliphatic heterocycles. The molecule has 6 fully saturated rings. The molecule has 86 heavy (non-hydrogen) atoms. The first-order chi connectivity index (χ1) is 41.8. The Balaban J connectivity index is 0.890. The summed E-state index contributed by atoms with van der Waals surface area (Å²) in [6.45, 7) is 12.6. The van der Waals surface area contributed by atoms with Gasteiger partial charge in [0.2, 0.25) is 0 Å². The van der Waals surface area contributed by atoms with Gasteiger partial charge in [0.1, 0.15) is 31.5 Å². The molecule has 1 aromatic rings. The van der Waals surface area contributed by atoms with E-state index in [1.165, 1.54) is 91.3 Å². The second-order valence-corrected chi connectivity index (χ2v) is 29.8. The predicted molar refractivity (Wildman–Crippen MR) is 328 cm³/mol. The topological polar surface area (TPSA) is 204 Å². The highest BCUT2D eigenvalue weighted by atomic mass is 32.2. The average Bonchev–Trinajstić information content (AvgIpc) is 1.66. The molecule has 0 bridgehead atoms. The van der Waals surface area contributed by atoms with Crippen molar-refractivity contribution >= 4 is 82.9 Å². The first-order valence-corrected chi connectivity index (χ1v) is 35.5. The summed E-state index contributed by atoms with van der Waals surface area (Å²) in [7, 11) is 2.92. The third-order valence-corrected chi connectivity index (χ3v) is 25.0. The fourth-order valence-corrected chi connectivity index (χ4v) is 20.1. The summed E-state index contributed by atoms with van der Waals surface area (Å²) in [4.78, 5) is 88.1. The Morgan fingerprint density at radius 1 is 0.465 bits per heavy atom. The number of esters is 6. The SMILES string of the molecule is [C-]#[N+]C(C(=O)OCCOC)=C1Sc2c(OC(=O)C3CCC(OC(=O)C4CCC(C5CCC(CCC)CC5)CC4)CC3)c3c(c(OC(=O)C4CCC(OC(=O)C5CCC(C6CCC(CCC)CC6)CC5)CC4)c2S1)SC(=C(C#N)C(=O)OCCOC)S3. The zero-order valence-electron chi connectivity index (χ0n) is 50.8. The maximum atomic E-state index is 14.6. The fourth-order valence-electron chi connectivity index (χ4n) is 14.8. The van der Waals surface area contributed by atoms with Gasteiger partial charge in [-0.15, -0.1) is 0 Å². The molecule has 20 heteroatoms. The van der Waals surface area contributed by atoms with Crippen molar-refractivity contribution < 1.29 is 66.7 Å². The lowest BCUT2D eigenvalue weighted by molar-refractivity contribution is -0.159. The monoisotopic (exact) mass is 1260 g/mol. The molecule has 0 amide bonds. The van der Waals surface area contributed by atoms with Gasteiger partial charge >= 0.3 is 35.8 Å². The molecule has 6 aliphatic carbocycles. The molecular weight excluding hydrogens is 1170 g/mol. The molecule has 0 aromatic heterocycles. The maximum absolute atomic E-state index is 14.6. The largest absolute Gasteiger partial charge is 0.468 e. The highest BCUT2D eigenvalue weighted by Crippen LogP contribution is 2.69. The third-order valence-electron chi connectivity index (χ3n) is 19.8. The fraction of sp³-hybridized carbons (Fsp3) is 0.727. The number of nitriles is 1. The zero-order chi connectivity index (χ0) is 60.7. The van der Waals surface area contributed by atoms with Gasteiger partial charge in [0.05, 0.1) is 71.5 Å². The molecule has 6 saturated carbocycles. The van der Waals surface area contributed by atoms with Crippen LogP contribution in [-0.2, 0) is 57.2 Å². The van der Waals surface area contributed by atoms with Crippen molar-refractivity contribution in [2.24, 2.45) is 59.2 Å². The van der Waals surface area contributed by atoms with Crippen LogP contribution in [0, 0.1) is 77.1 Å². The minimum Gasteiger partial charge on any atom is -0.468 e. The summed E-state index contributed by atoms with van der Waals surface area (Å²) in [6.07, 6.45) is 26.2. The molecule has 0 spiro atoms. The van der Waals surface area contributed by atoms with Gasteiger partial charge in [-0.1, -0.05) is 112 Å². The van der Waals surface area contributed by atoms with Crippen LogP contribution in [0.2, 0.25) is 0 Å². The summed E-state index contributed by atoms with van der Waals surface area (Å²) in [5.41, 5.74) is -0.641. The maximum Gasteiger partial charge on any atom is 0.350 e. The summed E-state index contributed by atoms with van der Waals surface area (Å²) in [5.74, 6) is 0.219. The smallest absolute Gasteiger partial charge is 0.350 e. The second kappa shape index (κ2) is 32.5. The molecule has 2 heterocycles. The number of methoxy groups -OCH3 is 2. The Morgan fingerprint density at radius 2 is 0.802 bits per heavy atom. The van der Waals surface area contributed by atoms with Crippen molar-refractivity contribution in [2.45, 2.75) is 225 Å². The van der Waals surface area contributed by atoms with E-state index >= 15 is 0 Å². The van der Waals surface area contributed by atoms with E-state index in [1.807, 2.05) is 6.07 Å². The van der Waals surface area contributed by atoms with E-state index in [-0.39, 0.29) is 93.7 Å². The van der Waals surface area contributed by atoms with Gasteiger partial charge in [0.25, 0.3) is 5.70 Å². The molecule has 9 rings (SSSR count). The molecule has 0 radical (unpaired) electrons. The standard InChI is InChI=1S/C66H88N2O14S4/c1-6-8-39-10-14-41(15-11-39)43-18-22-45(23-19-43)59(69)79-49-30-26-47(27-31-49)61(71)81-53-55-56(84-65(83-55)51(38-67)63(73)77-36-34-75-4)54(58-57(53)85-66(86-58)52(68-3)64(74)78-37-35-76-5)82-62(72)48-28-32-50(33-29-48)80-60(70)46-24-20-44(21-25-46)42-16-12-40(9-7-2)13-17-42/h39-50H,6-37H2,1-2,4-5H3. The third kappa shape index (κ3) is 16.8. The predicted octanol–water partition coefficient (Wildman–Crippen LogP) is 15.1. The molecule has 8 aliphatic rings. The summed E-state index contributed by atoms with van der Waals surface area (Å²) >= 11 is 3.99. The summed E-state index contributed by atoms with van der Waals surface area (Å²) in [5, 5.41) is 10.4. The molecule has 0 unspecified atom stereocenters. The number of benzene rings is 1. The van der Waals surface area contributed by atoms with E-state index in [2.05, 4.69) is 18.7 Å². The van der Waals surface area contributed by atoms with E-state index < -0.39 is 35.7 Å². The highest BCUT2D eigenvalue weighted by Gasteiger charge is 2.44. The minimum atomic E-state index is -0.894. The lowest BCUT2D eigenvalue weighted by atomic mass is 9.69. The van der Waals surface area contributed by atoms with E-state index in [0.29, 0.717) is 82.8 Å². The number of rotatable bonds is 22. The number of hydrogen-bond donors (Lipinski definition) is 0. The Labute approximate surface area is 525 Å². The van der Waals surface area contributed by atoms with Crippen molar-refractivity contribution in [3.63, 3.8) is 0 Å². The van der Waals surface area contributed by atoms with Crippen LogP contribution in [0.15, 0.2) is 39.3 Å². The van der Waals surface area contributed by atoms with E-state index in [1.54, 1.807) is 0 Å². The van der Waals surface area contributed by atoms with E-state index in [0.717, 1.165) is 122 Å². The van der Waals surface area contributed by atoms with Crippen LogP contribution in [0.1, 0.15) is 194 Å². The Bertz CT molecular complexity index is 2500. The van der Waals surface area contributed by atoms with Crippen LogP contribution < -0.4 is 9.47 Å². The molecule has 470 valence electrons. The van der Waals surface area contributed by atoms with Gasteiger partial charge in [-0.3, -0.25) is 24.0 Å². The number of hydrogen-bond acceptors (Lipinski definition) is 19. The second-order valence-electron chi connectivity index (χ2n) is 25.2. The minimum absolute atomic E-state index is 0.0606. The number of thioether (sulfide) groups is 4. The van der Waals surface area contributed by atoms with Crippen LogP contribution in [-0.4, -0.2) is 88.7 Å². The Kier molecular flexibility index (Phi) is 25.1. The van der Waals surface area contributed by atoms with Crippen LogP contribution in [0.25, 0.3) is 4.85 Å². The molecule has 1 aromatic carbocycles. The molecule has 0 atom stereocenters. The quantitative estimate of drug-likeness (QED) is 0.0201. The van der Waals surface area contributed by atoms with E-state index in [9.17, 15) is 34.0 Å². The van der Waals surface area contributed by atoms with Gasteiger partial charge in [0.15, 0.2) is 17.1 Å². The van der Waals surface area contributed by atoms with Crippen LogP contribution in [0.3, 0.4) is 0 Å². The number of ether oxygens (including phenoxy) is 8. The lowest BCUT2D eigenvalue weighted by Gasteiger charge is -2.37. The van der Waals surface area contributed by atoms with Gasteiger partial charge in [-0.2, -0.15) is 5.26 Å². The van der Waals surface area contributed by atoms with Crippen molar-refractivity contribution in [3.05, 3.63) is 31.2 Å². The van der Waals surface area contributed by atoms with Crippen molar-refractivity contribution in [1.82, 2.24) is 0 Å². The molecular formula is C66H88N2O14S4. The van der Waals surface area contributed by atoms with Crippen LogP contribution in [0.4, 0.5) is 0 Å². The normalized spacial score (nSPS) is 29.0. The van der Waals surface area contributed by atoms with Gasteiger partial charge < -0.3 is 37.9 Å². The van der Waals surface area contributed by atoms with Crippen molar-refractivity contribution in [1.29, 1.82) is 5.26 Å². The highest BCUT2D eigenvalue weighted by molar-refractivity contribution is 8.26. The lowest BCUT2D eigenvalue weighted by Crippen LogP contribution is -2.33. The number of fused-ring (bicyclic) bond motifs is 2. The van der Waals surface area contributed by atoms with Crippen molar-refractivity contribution in [3.8, 4) is 17.6 Å². The zero-order valence-corrected chi connectivity index (χ0v) is 54.1. The number of carbonyl (C=O) groups is 6. The van der Waals surface area contributed by atoms with E-state index in [4.69, 9.17) is 44.5 Å². The number of carbonyl (C=O) groups excluding carboxylic acids is 6. The molecule has 16 nitrogen and oxygen atoms in total. The summed E-state index contributed by atoms with van der Waals surface area (Å²) < 4.78 is 46.6.